The maximum Gasteiger partial charge on any atom is 0.254 e. The quantitative estimate of drug-likeness (QED) is 0.344. The van der Waals surface area contributed by atoms with E-state index in [9.17, 15) is 9.18 Å². The summed E-state index contributed by atoms with van der Waals surface area (Å²) in [6, 6.07) is 24.3. The number of amides is 1. The fourth-order valence-corrected chi connectivity index (χ4v) is 5.31. The van der Waals surface area contributed by atoms with Gasteiger partial charge in [-0.2, -0.15) is 0 Å². The molecule has 36 heavy (non-hydrogen) atoms. The van der Waals surface area contributed by atoms with Gasteiger partial charge in [-0.15, -0.1) is 10.2 Å². The second kappa shape index (κ2) is 11.1. The number of para-hydroxylation sites is 1. The Hall–Kier alpha value is -3.49. The number of thioether (sulfide) groups is 1. The van der Waals surface area contributed by atoms with Crippen LogP contribution in [0.2, 0.25) is 0 Å². The monoisotopic (exact) mass is 501 g/mol. The number of halogens is 1. The summed E-state index contributed by atoms with van der Waals surface area (Å²) >= 11 is 1.46. The van der Waals surface area contributed by atoms with Gasteiger partial charge in [-0.25, -0.2) is 4.39 Å². The number of hydrogen-bond donors (Lipinski definition) is 0. The van der Waals surface area contributed by atoms with Crippen LogP contribution in [0, 0.1) is 5.82 Å². The van der Waals surface area contributed by atoms with Crippen molar-refractivity contribution >= 4 is 17.7 Å². The number of rotatable bonds is 7. The molecule has 184 valence electrons. The molecule has 1 amide bonds. The van der Waals surface area contributed by atoms with Crippen molar-refractivity contribution < 1.29 is 9.18 Å². The van der Waals surface area contributed by atoms with Crippen LogP contribution in [0.1, 0.15) is 27.3 Å². The lowest BCUT2D eigenvalue weighted by Crippen LogP contribution is -2.47. The van der Waals surface area contributed by atoms with Crippen LogP contribution in [0.4, 0.5) is 4.39 Å². The van der Waals surface area contributed by atoms with Crippen LogP contribution in [0.15, 0.2) is 84.0 Å². The molecule has 8 heteroatoms. The highest BCUT2D eigenvalue weighted by atomic mass is 32.2. The molecule has 1 saturated heterocycles. The normalized spacial score (nSPS) is 14.2. The summed E-state index contributed by atoms with van der Waals surface area (Å²) in [7, 11) is 2.07. The summed E-state index contributed by atoms with van der Waals surface area (Å²) in [6.45, 7) is 3.19. The van der Waals surface area contributed by atoms with Crippen LogP contribution in [0.5, 0.6) is 0 Å². The molecular formula is C28H28FN5OS. The van der Waals surface area contributed by atoms with Crippen molar-refractivity contribution in [2.45, 2.75) is 17.3 Å². The van der Waals surface area contributed by atoms with Crippen molar-refractivity contribution in [3.63, 3.8) is 0 Å². The average Bonchev–Trinajstić information content (AvgIpc) is 3.30. The predicted molar refractivity (Wildman–Crippen MR) is 140 cm³/mol. The van der Waals surface area contributed by atoms with E-state index in [4.69, 9.17) is 0 Å². The summed E-state index contributed by atoms with van der Waals surface area (Å²) in [5.41, 5.74) is 3.12. The summed E-state index contributed by atoms with van der Waals surface area (Å²) < 4.78 is 16.7. The first-order valence-corrected chi connectivity index (χ1v) is 13.0. The molecule has 2 heterocycles. The lowest BCUT2D eigenvalue weighted by atomic mass is 10.1. The Balaban J connectivity index is 1.42. The molecule has 0 saturated carbocycles. The summed E-state index contributed by atoms with van der Waals surface area (Å²) in [4.78, 5) is 17.4. The van der Waals surface area contributed by atoms with E-state index >= 15 is 0 Å². The SMILES string of the molecule is CN1CCN(C(=O)c2ccccc2CSc2nnc(Cc3ccccc3)n2-c2ccccc2F)CC1. The average molecular weight is 502 g/mol. The maximum absolute atomic E-state index is 14.9. The summed E-state index contributed by atoms with van der Waals surface area (Å²) in [5.74, 6) is 0.905. The van der Waals surface area contributed by atoms with Gasteiger partial charge in [0.2, 0.25) is 0 Å². The fraction of sp³-hybridized carbons (Fsp3) is 0.250. The Morgan fingerprint density at radius 1 is 0.889 bits per heavy atom. The lowest BCUT2D eigenvalue weighted by Gasteiger charge is -2.32. The van der Waals surface area contributed by atoms with Crippen molar-refractivity contribution in [1.29, 1.82) is 0 Å². The van der Waals surface area contributed by atoms with Gasteiger partial charge in [-0.05, 0) is 36.4 Å². The molecule has 6 nitrogen and oxygen atoms in total. The molecule has 0 atom stereocenters. The van der Waals surface area contributed by atoms with Crippen LogP contribution in [-0.2, 0) is 12.2 Å². The number of hydrogen-bond acceptors (Lipinski definition) is 5. The first kappa shape index (κ1) is 24.2. The van der Waals surface area contributed by atoms with Gasteiger partial charge in [-0.3, -0.25) is 9.36 Å². The third kappa shape index (κ3) is 5.34. The second-order valence-electron chi connectivity index (χ2n) is 8.89. The van der Waals surface area contributed by atoms with Gasteiger partial charge >= 0.3 is 0 Å². The van der Waals surface area contributed by atoms with Gasteiger partial charge in [-0.1, -0.05) is 72.4 Å². The molecule has 0 bridgehead atoms. The molecule has 0 radical (unpaired) electrons. The summed E-state index contributed by atoms with van der Waals surface area (Å²) in [5, 5.41) is 9.44. The van der Waals surface area contributed by atoms with Gasteiger partial charge in [0, 0.05) is 43.9 Å². The fourth-order valence-electron chi connectivity index (χ4n) is 4.34. The molecular weight excluding hydrogens is 473 g/mol. The zero-order valence-corrected chi connectivity index (χ0v) is 21.0. The van der Waals surface area contributed by atoms with E-state index in [-0.39, 0.29) is 11.7 Å². The summed E-state index contributed by atoms with van der Waals surface area (Å²) in [6.07, 6.45) is 0.529. The Labute approximate surface area is 214 Å². The number of nitrogens with zero attached hydrogens (tertiary/aromatic N) is 5. The van der Waals surface area contributed by atoms with Crippen LogP contribution in [-0.4, -0.2) is 63.7 Å². The van der Waals surface area contributed by atoms with Gasteiger partial charge in [0.15, 0.2) is 5.16 Å². The standard InChI is InChI=1S/C28H28FN5OS/c1-32-15-17-33(18-16-32)27(35)23-12-6-5-11-22(23)20-36-28-31-30-26(19-21-9-3-2-4-10-21)34(28)25-14-8-7-13-24(25)29/h2-14H,15-20H2,1H3. The first-order chi connectivity index (χ1) is 17.6. The van der Waals surface area contributed by atoms with Crippen LogP contribution in [0.3, 0.4) is 0 Å². The van der Waals surface area contributed by atoms with Gasteiger partial charge in [0.25, 0.3) is 5.91 Å². The minimum atomic E-state index is -0.334. The van der Waals surface area contributed by atoms with Crippen LogP contribution >= 0.6 is 11.8 Å². The second-order valence-corrected chi connectivity index (χ2v) is 9.83. The van der Waals surface area contributed by atoms with E-state index in [0.29, 0.717) is 34.4 Å². The van der Waals surface area contributed by atoms with Crippen LogP contribution < -0.4 is 0 Å². The van der Waals surface area contributed by atoms with Gasteiger partial charge in [0.1, 0.15) is 11.6 Å². The minimum absolute atomic E-state index is 0.0552. The Morgan fingerprint density at radius 3 is 2.36 bits per heavy atom. The van der Waals surface area contributed by atoms with Crippen molar-refractivity contribution in [1.82, 2.24) is 24.6 Å². The molecule has 1 aromatic heterocycles. The van der Waals surface area contributed by atoms with Gasteiger partial charge < -0.3 is 9.80 Å². The topological polar surface area (TPSA) is 54.3 Å². The van der Waals surface area contributed by atoms with E-state index < -0.39 is 0 Å². The van der Waals surface area contributed by atoms with Crippen molar-refractivity contribution in [2.24, 2.45) is 0 Å². The third-order valence-corrected chi connectivity index (χ3v) is 7.37. The molecule has 3 aromatic carbocycles. The van der Waals surface area contributed by atoms with Crippen LogP contribution in [0.25, 0.3) is 5.69 Å². The molecule has 5 rings (SSSR count). The Morgan fingerprint density at radius 2 is 1.58 bits per heavy atom. The number of benzene rings is 3. The van der Waals surface area contributed by atoms with E-state index in [1.54, 1.807) is 16.7 Å². The molecule has 0 N–H and O–H groups in total. The van der Waals surface area contributed by atoms with Crippen molar-refractivity contribution in [2.75, 3.05) is 33.2 Å². The number of carbonyl (C=O) groups is 1. The van der Waals surface area contributed by atoms with E-state index in [1.165, 1.54) is 17.8 Å². The molecule has 1 aliphatic rings. The first-order valence-electron chi connectivity index (χ1n) is 12.0. The zero-order valence-electron chi connectivity index (χ0n) is 20.2. The number of carbonyl (C=O) groups excluding carboxylic acids is 1. The number of aromatic nitrogens is 3. The van der Waals surface area contributed by atoms with Crippen molar-refractivity contribution in [3.8, 4) is 5.69 Å². The molecule has 0 spiro atoms. The van der Waals surface area contributed by atoms with Gasteiger partial charge in [0.05, 0.1) is 5.69 Å². The Bertz CT molecular complexity index is 1330. The maximum atomic E-state index is 14.9. The molecule has 4 aromatic rings. The predicted octanol–water partition coefficient (Wildman–Crippen LogP) is 4.68. The van der Waals surface area contributed by atoms with E-state index in [2.05, 4.69) is 22.1 Å². The lowest BCUT2D eigenvalue weighted by molar-refractivity contribution is 0.0663. The Kier molecular flexibility index (Phi) is 7.44. The largest absolute Gasteiger partial charge is 0.336 e. The zero-order chi connectivity index (χ0) is 24.9. The number of likely N-dealkylation sites (N-methyl/N-ethyl adjacent to an activating group) is 1. The highest BCUT2D eigenvalue weighted by molar-refractivity contribution is 7.98. The number of piperazine rings is 1. The van der Waals surface area contributed by atoms with Crippen molar-refractivity contribution in [3.05, 3.63) is 107 Å². The molecule has 0 unspecified atom stereocenters. The minimum Gasteiger partial charge on any atom is -0.336 e. The molecule has 0 aliphatic carbocycles. The third-order valence-electron chi connectivity index (χ3n) is 6.39. The highest BCUT2D eigenvalue weighted by Crippen LogP contribution is 2.29. The highest BCUT2D eigenvalue weighted by Gasteiger charge is 2.23. The molecule has 1 aliphatic heterocycles. The molecule has 1 fully saturated rings. The van der Waals surface area contributed by atoms with E-state index in [0.717, 1.165) is 37.3 Å². The smallest absolute Gasteiger partial charge is 0.254 e. The van der Waals surface area contributed by atoms with E-state index in [1.807, 2.05) is 65.6 Å².